The zero-order valence-electron chi connectivity index (χ0n) is 15.3. The van der Waals surface area contributed by atoms with E-state index in [1.165, 1.54) is 17.2 Å². The van der Waals surface area contributed by atoms with Crippen LogP contribution in [0.4, 0.5) is 0 Å². The van der Waals surface area contributed by atoms with Crippen LogP contribution in [-0.4, -0.2) is 12.1 Å². The van der Waals surface area contributed by atoms with Crippen LogP contribution in [0, 0.1) is 6.92 Å². The summed E-state index contributed by atoms with van der Waals surface area (Å²) in [6.45, 7) is 3.48. The third-order valence-electron chi connectivity index (χ3n) is 4.86. The molecule has 1 aliphatic rings. The van der Waals surface area contributed by atoms with Crippen LogP contribution in [0.3, 0.4) is 0 Å². The average Bonchev–Trinajstić information content (AvgIpc) is 3.09. The number of benzene rings is 2. The van der Waals surface area contributed by atoms with Gasteiger partial charge in [-0.15, -0.1) is 0 Å². The fourth-order valence-electron chi connectivity index (χ4n) is 3.44. The van der Waals surface area contributed by atoms with Gasteiger partial charge in [0.2, 0.25) is 0 Å². The van der Waals surface area contributed by atoms with Crippen LogP contribution in [0.5, 0.6) is 11.5 Å². The first kappa shape index (κ1) is 17.3. The van der Waals surface area contributed by atoms with Gasteiger partial charge >= 0.3 is 11.6 Å². The number of aryl methyl sites for hydroxylation is 3. The van der Waals surface area contributed by atoms with E-state index < -0.39 is 17.7 Å². The molecule has 0 saturated heterocycles. The summed E-state index contributed by atoms with van der Waals surface area (Å²) in [6.07, 6.45) is 2.55. The minimum Gasteiger partial charge on any atom is -0.479 e. The van der Waals surface area contributed by atoms with Crippen LogP contribution in [0.1, 0.15) is 30.0 Å². The highest BCUT2D eigenvalue weighted by Gasteiger charge is 2.19. The van der Waals surface area contributed by atoms with E-state index in [2.05, 4.69) is 6.07 Å². The molecule has 2 aromatic carbocycles. The van der Waals surface area contributed by atoms with Crippen molar-refractivity contribution < 1.29 is 18.7 Å². The fraction of sp³-hybridized carbons (Fsp3) is 0.273. The highest BCUT2D eigenvalue weighted by atomic mass is 16.6. The van der Waals surface area contributed by atoms with Crippen LogP contribution < -0.4 is 15.1 Å². The molecule has 3 aromatic rings. The largest absolute Gasteiger partial charge is 0.479 e. The number of hydrogen-bond donors (Lipinski definition) is 0. The molecule has 0 aliphatic heterocycles. The Morgan fingerprint density at radius 2 is 1.81 bits per heavy atom. The van der Waals surface area contributed by atoms with Crippen molar-refractivity contribution in [3.63, 3.8) is 0 Å². The maximum atomic E-state index is 12.4. The molecule has 27 heavy (non-hydrogen) atoms. The molecule has 0 spiro atoms. The smallest absolute Gasteiger partial charge is 0.352 e. The Hall–Kier alpha value is -3.08. The summed E-state index contributed by atoms with van der Waals surface area (Å²) in [5, 5.41) is 0.803. The maximum Gasteiger partial charge on any atom is 0.352 e. The molecular formula is C22H20O5. The normalized spacial score (nSPS) is 14.0. The number of carbonyl (C=O) groups is 1. The molecular weight excluding hydrogens is 344 g/mol. The van der Waals surface area contributed by atoms with Crippen molar-refractivity contribution in [1.82, 2.24) is 0 Å². The van der Waals surface area contributed by atoms with Gasteiger partial charge in [-0.1, -0.05) is 6.07 Å². The van der Waals surface area contributed by atoms with Gasteiger partial charge in [0.1, 0.15) is 17.1 Å². The van der Waals surface area contributed by atoms with E-state index in [4.69, 9.17) is 13.9 Å². The summed E-state index contributed by atoms with van der Waals surface area (Å²) in [5.41, 5.74) is 3.40. The van der Waals surface area contributed by atoms with E-state index in [1.807, 2.05) is 19.1 Å². The molecule has 4 rings (SSSR count). The summed E-state index contributed by atoms with van der Waals surface area (Å²) >= 11 is 0. The lowest BCUT2D eigenvalue weighted by Gasteiger charge is -2.15. The highest BCUT2D eigenvalue weighted by molar-refractivity contribution is 5.83. The molecule has 0 radical (unpaired) electrons. The monoisotopic (exact) mass is 364 g/mol. The van der Waals surface area contributed by atoms with Crippen LogP contribution >= 0.6 is 0 Å². The maximum absolute atomic E-state index is 12.4. The van der Waals surface area contributed by atoms with Gasteiger partial charge in [0.15, 0.2) is 6.10 Å². The highest BCUT2D eigenvalue weighted by Crippen LogP contribution is 2.27. The van der Waals surface area contributed by atoms with Crippen LogP contribution in [0.2, 0.25) is 0 Å². The van der Waals surface area contributed by atoms with Gasteiger partial charge in [-0.05, 0) is 74.1 Å². The van der Waals surface area contributed by atoms with Gasteiger partial charge in [0.25, 0.3) is 0 Å². The molecule has 138 valence electrons. The zero-order valence-corrected chi connectivity index (χ0v) is 15.3. The molecule has 5 heteroatoms. The predicted octanol–water partition coefficient (Wildman–Crippen LogP) is 3.96. The molecule has 1 atom stereocenters. The van der Waals surface area contributed by atoms with Crippen LogP contribution in [-0.2, 0) is 17.6 Å². The van der Waals surface area contributed by atoms with Crippen molar-refractivity contribution in [3.8, 4) is 11.5 Å². The van der Waals surface area contributed by atoms with Gasteiger partial charge in [-0.3, -0.25) is 0 Å². The van der Waals surface area contributed by atoms with Crippen molar-refractivity contribution in [3.05, 3.63) is 69.6 Å². The summed E-state index contributed by atoms with van der Waals surface area (Å²) in [7, 11) is 0. The Balaban J connectivity index is 1.48. The first-order valence-corrected chi connectivity index (χ1v) is 9.04. The number of hydrogen-bond acceptors (Lipinski definition) is 5. The van der Waals surface area contributed by atoms with Gasteiger partial charge in [0, 0.05) is 17.5 Å². The minimum atomic E-state index is -0.760. The van der Waals surface area contributed by atoms with E-state index in [0.29, 0.717) is 17.1 Å². The van der Waals surface area contributed by atoms with Gasteiger partial charge in [0.05, 0.1) is 0 Å². The first-order chi connectivity index (χ1) is 13.0. The van der Waals surface area contributed by atoms with Gasteiger partial charge in [-0.25, -0.2) is 9.59 Å². The van der Waals surface area contributed by atoms with E-state index in [-0.39, 0.29) is 0 Å². The number of carbonyl (C=O) groups excluding carboxylic acids is 1. The second kappa shape index (κ2) is 6.91. The van der Waals surface area contributed by atoms with Crippen molar-refractivity contribution in [1.29, 1.82) is 0 Å². The molecule has 0 fully saturated rings. The number of fused-ring (bicyclic) bond motifs is 2. The summed E-state index contributed by atoms with van der Waals surface area (Å²) < 4.78 is 16.3. The molecule has 1 aliphatic carbocycles. The lowest BCUT2D eigenvalue weighted by atomic mass is 10.1. The summed E-state index contributed by atoms with van der Waals surface area (Å²) in [5.74, 6) is 0.468. The fourth-order valence-corrected chi connectivity index (χ4v) is 3.44. The van der Waals surface area contributed by atoms with Gasteiger partial charge in [-0.2, -0.15) is 0 Å². The van der Waals surface area contributed by atoms with Crippen molar-refractivity contribution in [2.24, 2.45) is 0 Å². The van der Waals surface area contributed by atoms with Crippen LogP contribution in [0.15, 0.2) is 51.7 Å². The lowest BCUT2D eigenvalue weighted by Crippen LogP contribution is -2.28. The van der Waals surface area contributed by atoms with E-state index >= 15 is 0 Å². The first-order valence-electron chi connectivity index (χ1n) is 9.04. The average molecular weight is 364 g/mol. The standard InChI is InChI=1S/C22H20O5/c1-13-10-21(23)27-20-12-18(8-9-19(13)20)26-22(24)14(2)25-17-7-6-15-4-3-5-16(15)11-17/h6-12,14H,3-5H2,1-2H3. The minimum absolute atomic E-state index is 0.311. The molecule has 0 bridgehead atoms. The Morgan fingerprint density at radius 1 is 1.04 bits per heavy atom. The summed E-state index contributed by atoms with van der Waals surface area (Å²) in [6, 6.07) is 12.4. The van der Waals surface area contributed by atoms with Crippen LogP contribution in [0.25, 0.3) is 11.0 Å². The van der Waals surface area contributed by atoms with Crippen molar-refractivity contribution >= 4 is 16.9 Å². The zero-order chi connectivity index (χ0) is 19.0. The van der Waals surface area contributed by atoms with Gasteiger partial charge < -0.3 is 13.9 Å². The number of rotatable bonds is 4. The lowest BCUT2D eigenvalue weighted by molar-refractivity contribution is -0.141. The SMILES string of the molecule is Cc1cc(=O)oc2cc(OC(=O)C(C)Oc3ccc4c(c3)CCC4)ccc12. The van der Waals surface area contributed by atoms with Crippen molar-refractivity contribution in [2.75, 3.05) is 0 Å². The third kappa shape index (κ3) is 3.58. The molecule has 1 heterocycles. The molecule has 0 amide bonds. The quantitative estimate of drug-likeness (QED) is 0.398. The molecule has 0 N–H and O–H groups in total. The Morgan fingerprint density at radius 3 is 2.67 bits per heavy atom. The summed E-state index contributed by atoms with van der Waals surface area (Å²) in [4.78, 5) is 23.9. The Kier molecular flexibility index (Phi) is 4.44. The predicted molar refractivity (Wildman–Crippen MR) is 101 cm³/mol. The van der Waals surface area contributed by atoms with Crippen molar-refractivity contribution in [2.45, 2.75) is 39.2 Å². The van der Waals surface area contributed by atoms with E-state index in [9.17, 15) is 9.59 Å². The molecule has 1 aromatic heterocycles. The van der Waals surface area contributed by atoms with E-state index in [1.54, 1.807) is 25.1 Å². The number of ether oxygens (including phenoxy) is 2. The molecule has 5 nitrogen and oxygen atoms in total. The number of esters is 1. The topological polar surface area (TPSA) is 65.7 Å². The molecule has 1 unspecified atom stereocenters. The van der Waals surface area contributed by atoms with E-state index in [0.717, 1.165) is 30.2 Å². The second-order valence-electron chi connectivity index (χ2n) is 6.87. The third-order valence-corrected chi connectivity index (χ3v) is 4.86. The Labute approximate surface area is 156 Å². The second-order valence-corrected chi connectivity index (χ2v) is 6.87. The Bertz CT molecular complexity index is 1080. The molecule has 0 saturated carbocycles.